The van der Waals surface area contributed by atoms with Crippen molar-refractivity contribution in [3.63, 3.8) is 0 Å². The zero-order valence-electron chi connectivity index (χ0n) is 36.1. The molecule has 0 aromatic carbocycles. The van der Waals surface area contributed by atoms with E-state index >= 15 is 0 Å². The van der Waals surface area contributed by atoms with E-state index < -0.39 is 6.10 Å². The highest BCUT2D eigenvalue weighted by Crippen LogP contribution is 2.16. The van der Waals surface area contributed by atoms with Gasteiger partial charge < -0.3 is 14.2 Å². The van der Waals surface area contributed by atoms with Gasteiger partial charge in [0.15, 0.2) is 6.10 Å². The largest absolute Gasteiger partial charge is 0.462 e. The van der Waals surface area contributed by atoms with Crippen molar-refractivity contribution in [3.05, 3.63) is 0 Å². The van der Waals surface area contributed by atoms with Crippen molar-refractivity contribution in [2.75, 3.05) is 13.2 Å². The summed E-state index contributed by atoms with van der Waals surface area (Å²) in [7, 11) is 0. The van der Waals surface area contributed by atoms with Crippen LogP contribution in [0.3, 0.4) is 0 Å². The summed E-state index contributed by atoms with van der Waals surface area (Å²) in [6, 6.07) is 0. The van der Waals surface area contributed by atoms with Gasteiger partial charge in [0, 0.05) is 19.3 Å². The molecule has 0 amide bonds. The summed E-state index contributed by atoms with van der Waals surface area (Å²) in [4.78, 5) is 37.7. The first kappa shape index (κ1) is 51.4. The molecule has 0 radical (unpaired) electrons. The molecule has 0 rings (SSSR count). The number of esters is 3. The van der Waals surface area contributed by atoms with Crippen molar-refractivity contribution in [1.82, 2.24) is 0 Å². The van der Waals surface area contributed by atoms with E-state index in [1.54, 1.807) is 0 Å². The van der Waals surface area contributed by atoms with Crippen LogP contribution in [0.5, 0.6) is 0 Å². The van der Waals surface area contributed by atoms with Crippen molar-refractivity contribution < 1.29 is 28.6 Å². The molecule has 0 aromatic heterocycles. The number of hydrogen-bond acceptors (Lipinski definition) is 6. The molecule has 0 bridgehead atoms. The Kier molecular flexibility index (Phi) is 38.9. The minimum Gasteiger partial charge on any atom is -0.462 e. The van der Waals surface area contributed by atoms with Crippen LogP contribution >= 0.6 is 0 Å². The Bertz CT molecular complexity index is 809. The van der Waals surface area contributed by atoms with Crippen LogP contribution in [-0.4, -0.2) is 37.2 Å². The molecule has 0 heterocycles. The molecule has 0 aromatic rings. The Balaban J connectivity index is 4.29. The highest BCUT2D eigenvalue weighted by Gasteiger charge is 2.19. The molecule has 6 nitrogen and oxygen atoms in total. The third-order valence-corrected chi connectivity index (χ3v) is 10.5. The Labute approximate surface area is 329 Å². The van der Waals surface area contributed by atoms with Gasteiger partial charge in [0.2, 0.25) is 0 Å². The second kappa shape index (κ2) is 40.1. The number of ether oxygens (including phenoxy) is 3. The van der Waals surface area contributed by atoms with E-state index in [1.165, 1.54) is 141 Å². The van der Waals surface area contributed by atoms with Crippen LogP contribution in [0.15, 0.2) is 0 Å². The van der Waals surface area contributed by atoms with Gasteiger partial charge in [0.05, 0.1) is 0 Å². The fourth-order valence-electron chi connectivity index (χ4n) is 6.93. The third kappa shape index (κ3) is 41.4. The Morgan fingerprint density at radius 3 is 0.925 bits per heavy atom. The van der Waals surface area contributed by atoms with Crippen LogP contribution in [0.1, 0.15) is 253 Å². The zero-order chi connectivity index (χ0) is 39.0. The lowest BCUT2D eigenvalue weighted by Crippen LogP contribution is -2.30. The lowest BCUT2D eigenvalue weighted by Gasteiger charge is -2.18. The van der Waals surface area contributed by atoms with E-state index in [4.69, 9.17) is 14.2 Å². The topological polar surface area (TPSA) is 78.9 Å². The van der Waals surface area contributed by atoms with Gasteiger partial charge in [-0.05, 0) is 31.1 Å². The van der Waals surface area contributed by atoms with Crippen molar-refractivity contribution in [1.29, 1.82) is 0 Å². The van der Waals surface area contributed by atoms with Gasteiger partial charge in [-0.3, -0.25) is 14.4 Å². The SMILES string of the molecule is CCCCCCCCCCCCC(=O)OC[C@@H](COC(=O)CCCCCCCCCCCCCCC(C)C)OC(=O)CCCCCCCCCC(C)C. The van der Waals surface area contributed by atoms with Crippen LogP contribution in [0.4, 0.5) is 0 Å². The second-order valence-corrected chi connectivity index (χ2v) is 17.0. The fraction of sp³-hybridized carbons (Fsp3) is 0.936. The number of hydrogen-bond donors (Lipinski definition) is 0. The van der Waals surface area contributed by atoms with E-state index in [0.717, 1.165) is 69.6 Å². The van der Waals surface area contributed by atoms with Crippen LogP contribution < -0.4 is 0 Å². The number of carbonyl (C=O) groups excluding carboxylic acids is 3. The number of rotatable bonds is 41. The van der Waals surface area contributed by atoms with Gasteiger partial charge in [-0.2, -0.15) is 0 Å². The molecule has 0 fully saturated rings. The van der Waals surface area contributed by atoms with Gasteiger partial charge >= 0.3 is 17.9 Å². The summed E-state index contributed by atoms with van der Waals surface area (Å²) in [6.45, 7) is 11.3. The molecule has 53 heavy (non-hydrogen) atoms. The zero-order valence-corrected chi connectivity index (χ0v) is 36.1. The Morgan fingerprint density at radius 1 is 0.358 bits per heavy atom. The predicted octanol–water partition coefficient (Wildman–Crippen LogP) is 14.6. The summed E-state index contributed by atoms with van der Waals surface area (Å²) in [5.74, 6) is 0.752. The van der Waals surface area contributed by atoms with Crippen LogP contribution in [0.25, 0.3) is 0 Å². The normalized spacial score (nSPS) is 12.1. The molecule has 0 unspecified atom stereocenters. The molecule has 0 N–H and O–H groups in total. The van der Waals surface area contributed by atoms with Crippen molar-refractivity contribution in [3.8, 4) is 0 Å². The van der Waals surface area contributed by atoms with Gasteiger partial charge in [-0.1, -0.05) is 214 Å². The van der Waals surface area contributed by atoms with E-state index in [9.17, 15) is 14.4 Å². The molecule has 314 valence electrons. The minimum atomic E-state index is -0.760. The maximum Gasteiger partial charge on any atom is 0.306 e. The third-order valence-electron chi connectivity index (χ3n) is 10.5. The summed E-state index contributed by atoms with van der Waals surface area (Å²) < 4.78 is 16.7. The summed E-state index contributed by atoms with van der Waals surface area (Å²) in [5.41, 5.74) is 0. The molecule has 1 atom stereocenters. The maximum absolute atomic E-state index is 12.7. The maximum atomic E-state index is 12.7. The number of carbonyl (C=O) groups is 3. The molecule has 6 heteroatoms. The quantitative estimate of drug-likeness (QED) is 0.0352. The standard InChI is InChI=1S/C47H90O6/c1-6-7-8-9-10-11-17-22-27-32-37-45(48)51-40-44(53-47(50)39-34-29-24-19-21-26-31-36-43(4)5)41-52-46(49)38-33-28-23-18-15-13-12-14-16-20-25-30-35-42(2)3/h42-44H,6-41H2,1-5H3/t44-/m0/s1. The Hall–Kier alpha value is -1.59. The van der Waals surface area contributed by atoms with E-state index in [-0.39, 0.29) is 31.1 Å². The molecule has 0 aliphatic carbocycles. The van der Waals surface area contributed by atoms with Crippen molar-refractivity contribution >= 4 is 17.9 Å². The van der Waals surface area contributed by atoms with E-state index in [1.807, 2.05) is 0 Å². The number of unbranched alkanes of at least 4 members (excludes halogenated alkanes) is 26. The molecule has 0 saturated heterocycles. The first-order chi connectivity index (χ1) is 25.7. The summed E-state index contributed by atoms with van der Waals surface area (Å²) in [6.07, 6.45) is 38.1. The molecule has 0 saturated carbocycles. The van der Waals surface area contributed by atoms with Crippen LogP contribution in [0.2, 0.25) is 0 Å². The van der Waals surface area contributed by atoms with E-state index in [2.05, 4.69) is 34.6 Å². The summed E-state index contributed by atoms with van der Waals surface area (Å²) in [5, 5.41) is 0. The lowest BCUT2D eigenvalue weighted by molar-refractivity contribution is -0.167. The smallest absolute Gasteiger partial charge is 0.306 e. The average molecular weight is 751 g/mol. The first-order valence-corrected chi connectivity index (χ1v) is 23.2. The first-order valence-electron chi connectivity index (χ1n) is 23.2. The molecule has 0 aliphatic heterocycles. The highest BCUT2D eigenvalue weighted by atomic mass is 16.6. The van der Waals surface area contributed by atoms with Crippen LogP contribution in [-0.2, 0) is 28.6 Å². The molecule has 0 spiro atoms. The van der Waals surface area contributed by atoms with Crippen molar-refractivity contribution in [2.24, 2.45) is 11.8 Å². The van der Waals surface area contributed by atoms with Crippen molar-refractivity contribution in [2.45, 2.75) is 259 Å². The molecular weight excluding hydrogens is 661 g/mol. The second-order valence-electron chi connectivity index (χ2n) is 17.0. The van der Waals surface area contributed by atoms with E-state index in [0.29, 0.717) is 19.3 Å². The van der Waals surface area contributed by atoms with Gasteiger partial charge in [-0.15, -0.1) is 0 Å². The molecule has 0 aliphatic rings. The Morgan fingerprint density at radius 2 is 0.623 bits per heavy atom. The van der Waals surface area contributed by atoms with Crippen LogP contribution in [0, 0.1) is 11.8 Å². The van der Waals surface area contributed by atoms with Gasteiger partial charge in [0.1, 0.15) is 13.2 Å². The fourth-order valence-corrected chi connectivity index (χ4v) is 6.93. The summed E-state index contributed by atoms with van der Waals surface area (Å²) >= 11 is 0. The minimum absolute atomic E-state index is 0.0653. The van der Waals surface area contributed by atoms with Gasteiger partial charge in [-0.25, -0.2) is 0 Å². The highest BCUT2D eigenvalue weighted by molar-refractivity contribution is 5.71. The average Bonchev–Trinajstić information content (AvgIpc) is 3.12. The van der Waals surface area contributed by atoms with Gasteiger partial charge in [0.25, 0.3) is 0 Å². The monoisotopic (exact) mass is 751 g/mol. The molecular formula is C47H90O6. The predicted molar refractivity (Wildman–Crippen MR) is 224 cm³/mol. The lowest BCUT2D eigenvalue weighted by atomic mass is 10.0.